The van der Waals surface area contributed by atoms with E-state index < -0.39 is 6.04 Å². The average Bonchev–Trinajstić information content (AvgIpc) is 3.15. The number of nitrogens with zero attached hydrogens (tertiary/aromatic N) is 4. The molecule has 2 heterocycles. The summed E-state index contributed by atoms with van der Waals surface area (Å²) in [6, 6.07) is 6.99. The van der Waals surface area contributed by atoms with Crippen molar-refractivity contribution in [2.75, 3.05) is 6.54 Å². The van der Waals surface area contributed by atoms with Crippen molar-refractivity contribution in [3.8, 4) is 5.69 Å². The van der Waals surface area contributed by atoms with Crippen LogP contribution in [0.1, 0.15) is 41.9 Å². The quantitative estimate of drug-likeness (QED) is 0.890. The van der Waals surface area contributed by atoms with Gasteiger partial charge in [-0.15, -0.1) is 5.10 Å². The summed E-state index contributed by atoms with van der Waals surface area (Å²) < 4.78 is 0. The SMILES string of the molecule is Cc1nn(-c2cccc(Cl)c2)nc1C(=O)N1CCCC1C(=O)NC1CC1. The van der Waals surface area contributed by atoms with Crippen LogP contribution in [0.15, 0.2) is 24.3 Å². The van der Waals surface area contributed by atoms with Crippen molar-refractivity contribution in [3.05, 3.63) is 40.7 Å². The minimum absolute atomic E-state index is 0.0572. The Morgan fingerprint density at radius 1 is 1.23 bits per heavy atom. The van der Waals surface area contributed by atoms with Crippen LogP contribution in [0.3, 0.4) is 0 Å². The second-order valence-electron chi connectivity index (χ2n) is 6.84. The van der Waals surface area contributed by atoms with Gasteiger partial charge in [0, 0.05) is 17.6 Å². The fourth-order valence-corrected chi connectivity index (χ4v) is 3.42. The Morgan fingerprint density at radius 3 is 2.77 bits per heavy atom. The molecule has 8 heteroatoms. The standard InChI is InChI=1S/C18H20ClN5O2/c1-11-16(22-24(21-11)14-5-2-4-12(19)10-14)18(26)23-9-3-6-15(23)17(25)20-13-7-8-13/h2,4-5,10,13,15H,3,6-9H2,1H3,(H,20,25). The van der Waals surface area contributed by atoms with Crippen LogP contribution in [-0.2, 0) is 4.79 Å². The first kappa shape index (κ1) is 17.0. The van der Waals surface area contributed by atoms with E-state index in [0.717, 1.165) is 19.3 Å². The summed E-state index contributed by atoms with van der Waals surface area (Å²) in [6.45, 7) is 2.31. The minimum Gasteiger partial charge on any atom is -0.352 e. The second-order valence-corrected chi connectivity index (χ2v) is 7.28. The third-order valence-corrected chi connectivity index (χ3v) is 5.00. The number of hydrogen-bond donors (Lipinski definition) is 1. The van der Waals surface area contributed by atoms with Crippen molar-refractivity contribution in [1.29, 1.82) is 0 Å². The number of carbonyl (C=O) groups excluding carboxylic acids is 2. The molecule has 1 aliphatic heterocycles. The molecule has 1 aromatic heterocycles. The van der Waals surface area contributed by atoms with Gasteiger partial charge < -0.3 is 10.2 Å². The summed E-state index contributed by atoms with van der Waals surface area (Å²) in [7, 11) is 0. The van der Waals surface area contributed by atoms with E-state index in [2.05, 4.69) is 15.5 Å². The van der Waals surface area contributed by atoms with Crippen LogP contribution in [0, 0.1) is 6.92 Å². The van der Waals surface area contributed by atoms with Gasteiger partial charge in [-0.1, -0.05) is 17.7 Å². The molecule has 1 N–H and O–H groups in total. The number of aryl methyl sites for hydroxylation is 1. The molecule has 1 aliphatic carbocycles. The minimum atomic E-state index is -0.418. The summed E-state index contributed by atoms with van der Waals surface area (Å²) in [5, 5.41) is 12.3. The maximum atomic E-state index is 13.0. The lowest BCUT2D eigenvalue weighted by molar-refractivity contribution is -0.125. The Labute approximate surface area is 156 Å². The largest absolute Gasteiger partial charge is 0.352 e. The van der Waals surface area contributed by atoms with Gasteiger partial charge in [0.05, 0.1) is 11.4 Å². The van der Waals surface area contributed by atoms with Crippen LogP contribution in [0.5, 0.6) is 0 Å². The predicted molar refractivity (Wildman–Crippen MR) is 96.3 cm³/mol. The molecule has 0 bridgehead atoms. The van der Waals surface area contributed by atoms with Crippen LogP contribution in [-0.4, -0.2) is 50.3 Å². The monoisotopic (exact) mass is 373 g/mol. The number of carbonyl (C=O) groups is 2. The molecule has 2 amide bonds. The number of rotatable bonds is 4. The lowest BCUT2D eigenvalue weighted by Gasteiger charge is -2.23. The zero-order valence-electron chi connectivity index (χ0n) is 14.5. The molecule has 2 aliphatic rings. The maximum Gasteiger partial charge on any atom is 0.277 e. The summed E-state index contributed by atoms with van der Waals surface area (Å²) in [5.74, 6) is -0.303. The number of amides is 2. The van der Waals surface area contributed by atoms with E-state index in [1.54, 1.807) is 30.0 Å². The van der Waals surface area contributed by atoms with Crippen LogP contribution >= 0.6 is 11.6 Å². The van der Waals surface area contributed by atoms with Gasteiger partial charge in [-0.2, -0.15) is 9.90 Å². The summed E-state index contributed by atoms with van der Waals surface area (Å²) in [4.78, 5) is 28.5. The van der Waals surface area contributed by atoms with E-state index in [4.69, 9.17) is 11.6 Å². The molecule has 0 spiro atoms. The van der Waals surface area contributed by atoms with Crippen molar-refractivity contribution >= 4 is 23.4 Å². The van der Waals surface area contributed by atoms with E-state index >= 15 is 0 Å². The number of halogens is 1. The van der Waals surface area contributed by atoms with Gasteiger partial charge >= 0.3 is 0 Å². The summed E-state index contributed by atoms with van der Waals surface area (Å²) in [6.07, 6.45) is 3.56. The first-order chi connectivity index (χ1) is 12.5. The van der Waals surface area contributed by atoms with Gasteiger partial charge in [0.15, 0.2) is 5.69 Å². The van der Waals surface area contributed by atoms with E-state index in [1.807, 2.05) is 6.07 Å². The fraction of sp³-hybridized carbons (Fsp3) is 0.444. The van der Waals surface area contributed by atoms with Crippen LogP contribution in [0.4, 0.5) is 0 Å². The third-order valence-electron chi connectivity index (χ3n) is 4.76. The molecule has 136 valence electrons. The highest BCUT2D eigenvalue weighted by Gasteiger charge is 2.38. The van der Waals surface area contributed by atoms with E-state index in [1.165, 1.54) is 4.80 Å². The fourth-order valence-electron chi connectivity index (χ4n) is 3.24. The molecule has 1 saturated carbocycles. The summed E-state index contributed by atoms with van der Waals surface area (Å²) in [5.41, 5.74) is 1.49. The van der Waals surface area contributed by atoms with Crippen molar-refractivity contribution in [2.45, 2.75) is 44.7 Å². The number of aromatic nitrogens is 3. The molecule has 4 rings (SSSR count). The lowest BCUT2D eigenvalue weighted by Crippen LogP contribution is -2.46. The van der Waals surface area contributed by atoms with E-state index in [-0.39, 0.29) is 23.6 Å². The molecular formula is C18H20ClN5O2. The van der Waals surface area contributed by atoms with E-state index in [9.17, 15) is 9.59 Å². The highest BCUT2D eigenvalue weighted by molar-refractivity contribution is 6.30. The molecular weight excluding hydrogens is 354 g/mol. The molecule has 1 unspecified atom stereocenters. The summed E-state index contributed by atoms with van der Waals surface area (Å²) >= 11 is 6.02. The Bertz CT molecular complexity index is 861. The molecule has 1 aromatic carbocycles. The van der Waals surface area contributed by atoms with E-state index in [0.29, 0.717) is 29.4 Å². The van der Waals surface area contributed by atoms with Gasteiger partial charge in [0.1, 0.15) is 6.04 Å². The van der Waals surface area contributed by atoms with Crippen molar-refractivity contribution in [1.82, 2.24) is 25.2 Å². The number of benzene rings is 1. The lowest BCUT2D eigenvalue weighted by atomic mass is 10.2. The average molecular weight is 374 g/mol. The van der Waals surface area contributed by atoms with Crippen molar-refractivity contribution in [2.24, 2.45) is 0 Å². The van der Waals surface area contributed by atoms with Crippen LogP contribution in [0.2, 0.25) is 5.02 Å². The number of likely N-dealkylation sites (tertiary alicyclic amines) is 1. The molecule has 0 radical (unpaired) electrons. The molecule has 1 atom stereocenters. The van der Waals surface area contributed by atoms with Crippen molar-refractivity contribution in [3.63, 3.8) is 0 Å². The topological polar surface area (TPSA) is 80.1 Å². The van der Waals surface area contributed by atoms with Gasteiger partial charge in [-0.25, -0.2) is 0 Å². The predicted octanol–water partition coefficient (Wildman–Crippen LogP) is 2.11. The van der Waals surface area contributed by atoms with Crippen LogP contribution < -0.4 is 5.32 Å². The molecule has 26 heavy (non-hydrogen) atoms. The number of nitrogens with one attached hydrogen (secondary N) is 1. The zero-order valence-corrected chi connectivity index (χ0v) is 15.2. The number of hydrogen-bond acceptors (Lipinski definition) is 4. The Kier molecular flexibility index (Phi) is 4.40. The highest BCUT2D eigenvalue weighted by Crippen LogP contribution is 2.24. The van der Waals surface area contributed by atoms with Gasteiger partial charge in [0.2, 0.25) is 5.91 Å². The zero-order chi connectivity index (χ0) is 18.3. The van der Waals surface area contributed by atoms with Crippen molar-refractivity contribution < 1.29 is 9.59 Å². The Balaban J connectivity index is 1.56. The molecule has 1 saturated heterocycles. The first-order valence-electron chi connectivity index (χ1n) is 8.84. The normalized spacial score (nSPS) is 19.6. The first-order valence-corrected chi connectivity index (χ1v) is 9.22. The maximum absolute atomic E-state index is 13.0. The second kappa shape index (κ2) is 6.72. The van der Waals surface area contributed by atoms with Gasteiger partial charge in [0.25, 0.3) is 5.91 Å². The Morgan fingerprint density at radius 2 is 2.04 bits per heavy atom. The van der Waals surface area contributed by atoms with Gasteiger partial charge in [-0.05, 0) is 50.8 Å². The van der Waals surface area contributed by atoms with Gasteiger partial charge in [-0.3, -0.25) is 9.59 Å². The molecule has 7 nitrogen and oxygen atoms in total. The smallest absolute Gasteiger partial charge is 0.277 e. The Hall–Kier alpha value is -2.41. The van der Waals surface area contributed by atoms with Crippen LogP contribution in [0.25, 0.3) is 5.69 Å². The molecule has 2 aromatic rings. The molecule has 2 fully saturated rings. The highest BCUT2D eigenvalue weighted by atomic mass is 35.5. The third kappa shape index (κ3) is 3.31.